The second kappa shape index (κ2) is 4.74. The predicted octanol–water partition coefficient (Wildman–Crippen LogP) is 1.37. The lowest BCUT2D eigenvalue weighted by atomic mass is 9.85. The number of aromatic nitrogens is 4. The van der Waals surface area contributed by atoms with Gasteiger partial charge in [0.25, 0.3) is 0 Å². The van der Waals surface area contributed by atoms with Gasteiger partial charge in [0.15, 0.2) is 5.82 Å². The van der Waals surface area contributed by atoms with Crippen LogP contribution in [0.15, 0.2) is 24.3 Å². The molecule has 5 nitrogen and oxygen atoms in total. The fourth-order valence-corrected chi connectivity index (χ4v) is 2.90. The Morgan fingerprint density at radius 1 is 1.32 bits per heavy atom. The minimum Gasteiger partial charge on any atom is -0.385 e. The fraction of sp³-hybridized carbons (Fsp3) is 0.500. The van der Waals surface area contributed by atoms with Gasteiger partial charge in [-0.3, -0.25) is 0 Å². The maximum Gasteiger partial charge on any atom is 0.178 e. The van der Waals surface area contributed by atoms with Gasteiger partial charge in [0.05, 0.1) is 12.6 Å². The molecule has 1 N–H and O–H groups in total. The zero-order valence-electron chi connectivity index (χ0n) is 11.1. The number of fused-ring (bicyclic) bond motifs is 1. The molecule has 0 amide bonds. The molecule has 2 aromatic rings. The summed E-state index contributed by atoms with van der Waals surface area (Å²) in [6.07, 6.45) is 4.35. The van der Waals surface area contributed by atoms with Crippen LogP contribution >= 0.6 is 0 Å². The maximum absolute atomic E-state index is 11.0. The van der Waals surface area contributed by atoms with Gasteiger partial charge in [-0.25, -0.2) is 0 Å². The number of hydrogen-bond acceptors (Lipinski definition) is 4. The monoisotopic (exact) mass is 258 g/mol. The van der Waals surface area contributed by atoms with Gasteiger partial charge in [0, 0.05) is 6.42 Å². The molecule has 19 heavy (non-hydrogen) atoms. The Balaban J connectivity index is 1.97. The van der Waals surface area contributed by atoms with E-state index in [0.29, 0.717) is 12.2 Å². The van der Waals surface area contributed by atoms with Crippen molar-refractivity contribution in [2.45, 2.75) is 37.7 Å². The summed E-state index contributed by atoms with van der Waals surface area (Å²) in [6, 6.07) is 8.15. The molecule has 3 rings (SSSR count). The number of aliphatic hydroxyl groups is 1. The van der Waals surface area contributed by atoms with Crippen LogP contribution in [-0.2, 0) is 25.5 Å². The van der Waals surface area contributed by atoms with Crippen molar-refractivity contribution in [2.75, 3.05) is 0 Å². The first-order chi connectivity index (χ1) is 9.17. The third-order valence-corrected chi connectivity index (χ3v) is 3.81. The fourth-order valence-electron chi connectivity index (χ4n) is 2.90. The van der Waals surface area contributed by atoms with Crippen LogP contribution in [-0.4, -0.2) is 25.3 Å². The summed E-state index contributed by atoms with van der Waals surface area (Å²) in [5.74, 6) is 0.599. The molecule has 0 radical (unpaired) electrons. The Labute approximate surface area is 112 Å². The van der Waals surface area contributed by atoms with E-state index in [2.05, 4.69) is 21.5 Å². The minimum atomic E-state index is -0.865. The second-order valence-corrected chi connectivity index (χ2v) is 5.27. The van der Waals surface area contributed by atoms with Crippen molar-refractivity contribution in [3.63, 3.8) is 0 Å². The summed E-state index contributed by atoms with van der Waals surface area (Å²) in [4.78, 5) is 1.43. The van der Waals surface area contributed by atoms with Gasteiger partial charge >= 0.3 is 0 Å². The first-order valence-corrected chi connectivity index (χ1v) is 6.71. The van der Waals surface area contributed by atoms with Crippen molar-refractivity contribution in [1.82, 2.24) is 20.2 Å². The first-order valence-electron chi connectivity index (χ1n) is 6.71. The lowest BCUT2D eigenvalue weighted by molar-refractivity contribution is 0.0251. The molecule has 5 heteroatoms. The highest BCUT2D eigenvalue weighted by Crippen LogP contribution is 2.36. The molecule has 0 bridgehead atoms. The van der Waals surface area contributed by atoms with Crippen LogP contribution in [0.5, 0.6) is 0 Å². The number of benzene rings is 1. The Bertz CT molecular complexity index is 580. The van der Waals surface area contributed by atoms with E-state index in [1.54, 1.807) is 7.05 Å². The Kier molecular flexibility index (Phi) is 3.06. The van der Waals surface area contributed by atoms with E-state index in [9.17, 15) is 5.11 Å². The van der Waals surface area contributed by atoms with Crippen LogP contribution < -0.4 is 0 Å². The van der Waals surface area contributed by atoms with E-state index in [4.69, 9.17) is 0 Å². The topological polar surface area (TPSA) is 63.8 Å². The minimum absolute atomic E-state index is 0.428. The van der Waals surface area contributed by atoms with Crippen LogP contribution in [0.25, 0.3) is 0 Å². The summed E-state index contributed by atoms with van der Waals surface area (Å²) in [7, 11) is 1.74. The molecule has 1 atom stereocenters. The van der Waals surface area contributed by atoms with E-state index in [1.165, 1.54) is 10.4 Å². The van der Waals surface area contributed by atoms with Gasteiger partial charge < -0.3 is 5.11 Å². The summed E-state index contributed by atoms with van der Waals surface area (Å²) < 4.78 is 0. The Morgan fingerprint density at radius 2 is 2.16 bits per heavy atom. The van der Waals surface area contributed by atoms with Crippen molar-refractivity contribution in [2.24, 2.45) is 7.05 Å². The molecule has 0 aliphatic heterocycles. The van der Waals surface area contributed by atoms with Crippen LogP contribution in [0.1, 0.15) is 36.2 Å². The van der Waals surface area contributed by atoms with Crippen molar-refractivity contribution in [3.8, 4) is 0 Å². The third-order valence-electron chi connectivity index (χ3n) is 3.81. The van der Waals surface area contributed by atoms with E-state index < -0.39 is 5.60 Å². The zero-order valence-corrected chi connectivity index (χ0v) is 11.1. The first kappa shape index (κ1) is 12.3. The number of nitrogens with zero attached hydrogens (tertiary/aromatic N) is 4. The van der Waals surface area contributed by atoms with E-state index in [1.807, 2.05) is 18.2 Å². The van der Waals surface area contributed by atoms with Gasteiger partial charge in [-0.2, -0.15) is 4.80 Å². The van der Waals surface area contributed by atoms with Crippen molar-refractivity contribution in [3.05, 3.63) is 41.2 Å². The number of rotatable bonds is 2. The summed E-state index contributed by atoms with van der Waals surface area (Å²) in [5, 5.41) is 23.1. The molecular weight excluding hydrogens is 240 g/mol. The summed E-state index contributed by atoms with van der Waals surface area (Å²) in [5.41, 5.74) is 1.40. The number of hydrogen-bond donors (Lipinski definition) is 1. The molecule has 0 saturated carbocycles. The van der Waals surface area contributed by atoms with Crippen molar-refractivity contribution >= 4 is 0 Å². The number of aryl methyl sites for hydroxylation is 2. The second-order valence-electron chi connectivity index (χ2n) is 5.27. The molecule has 1 aromatic carbocycles. The SMILES string of the molecule is Cn1nnc(CC2(O)CCCCc3ccccc32)n1. The van der Waals surface area contributed by atoms with Crippen LogP contribution in [0.3, 0.4) is 0 Å². The summed E-state index contributed by atoms with van der Waals surface area (Å²) >= 11 is 0. The molecular formula is C14H18N4O. The quantitative estimate of drug-likeness (QED) is 0.826. The van der Waals surface area contributed by atoms with E-state index in [0.717, 1.165) is 31.2 Å². The molecule has 1 aliphatic carbocycles. The lowest BCUT2D eigenvalue weighted by Gasteiger charge is -2.27. The lowest BCUT2D eigenvalue weighted by Crippen LogP contribution is -2.29. The molecule has 0 saturated heterocycles. The molecule has 0 spiro atoms. The predicted molar refractivity (Wildman–Crippen MR) is 70.4 cm³/mol. The molecule has 100 valence electrons. The van der Waals surface area contributed by atoms with Gasteiger partial charge in [0.2, 0.25) is 0 Å². The highest BCUT2D eigenvalue weighted by molar-refractivity contribution is 5.34. The van der Waals surface area contributed by atoms with Gasteiger partial charge in [-0.05, 0) is 42.0 Å². The van der Waals surface area contributed by atoms with Crippen LogP contribution in [0.4, 0.5) is 0 Å². The normalized spacial score (nSPS) is 22.8. The van der Waals surface area contributed by atoms with Crippen LogP contribution in [0.2, 0.25) is 0 Å². The third kappa shape index (κ3) is 2.38. The standard InChI is InChI=1S/C14H18N4O/c1-18-16-13(15-17-18)10-14(19)9-5-4-7-11-6-2-3-8-12(11)14/h2-3,6,8,19H,4-5,7,9-10H2,1H3. The van der Waals surface area contributed by atoms with Gasteiger partial charge in [-0.1, -0.05) is 24.3 Å². The maximum atomic E-state index is 11.0. The Hall–Kier alpha value is -1.75. The molecule has 1 unspecified atom stereocenters. The summed E-state index contributed by atoms with van der Waals surface area (Å²) in [6.45, 7) is 0. The molecule has 1 aromatic heterocycles. The zero-order chi connectivity index (χ0) is 13.3. The molecule has 1 aliphatic rings. The van der Waals surface area contributed by atoms with Gasteiger partial charge in [0.1, 0.15) is 0 Å². The smallest absolute Gasteiger partial charge is 0.178 e. The van der Waals surface area contributed by atoms with E-state index >= 15 is 0 Å². The average Bonchev–Trinajstić information content (AvgIpc) is 2.72. The van der Waals surface area contributed by atoms with Crippen molar-refractivity contribution < 1.29 is 5.11 Å². The highest BCUT2D eigenvalue weighted by atomic mass is 16.3. The largest absolute Gasteiger partial charge is 0.385 e. The average molecular weight is 258 g/mol. The highest BCUT2D eigenvalue weighted by Gasteiger charge is 2.34. The Morgan fingerprint density at radius 3 is 2.95 bits per heavy atom. The number of tetrazole rings is 1. The molecule has 1 heterocycles. The van der Waals surface area contributed by atoms with Crippen molar-refractivity contribution in [1.29, 1.82) is 0 Å². The molecule has 0 fully saturated rings. The van der Waals surface area contributed by atoms with Gasteiger partial charge in [-0.15, -0.1) is 10.2 Å². The van der Waals surface area contributed by atoms with Crippen LogP contribution in [0, 0.1) is 0 Å². The van der Waals surface area contributed by atoms with E-state index in [-0.39, 0.29) is 0 Å².